The number of nitrogens with one attached hydrogen (secondary N) is 1. The fraction of sp³-hybridized carbons (Fsp3) is 0.615. The van der Waals surface area contributed by atoms with Gasteiger partial charge in [-0.3, -0.25) is 4.98 Å². The Bertz CT molecular complexity index is 425. The summed E-state index contributed by atoms with van der Waals surface area (Å²) in [6, 6.07) is 0. The van der Waals surface area contributed by atoms with Crippen LogP contribution in [0.5, 0.6) is 5.75 Å². The van der Waals surface area contributed by atoms with Crippen LogP contribution in [-0.4, -0.2) is 32.4 Å². The van der Waals surface area contributed by atoms with Crippen molar-refractivity contribution in [3.05, 3.63) is 23.0 Å². The molecular weight excluding hydrogens is 232 g/mol. The van der Waals surface area contributed by atoms with Crippen LogP contribution in [0.2, 0.25) is 0 Å². The molecule has 1 aromatic heterocycles. The van der Waals surface area contributed by atoms with Crippen LogP contribution in [0, 0.1) is 6.92 Å². The molecule has 1 fully saturated rings. The summed E-state index contributed by atoms with van der Waals surface area (Å²) >= 11 is 0. The summed E-state index contributed by atoms with van der Waals surface area (Å²) in [5.74, 6) is 0.126. The monoisotopic (exact) mass is 252 g/mol. The van der Waals surface area contributed by atoms with Gasteiger partial charge in [0, 0.05) is 29.4 Å². The molecule has 0 saturated heterocycles. The van der Waals surface area contributed by atoms with Crippen LogP contribution in [0.25, 0.3) is 0 Å². The maximum absolute atomic E-state index is 9.99. The number of aromatic hydroxyl groups is 1. The van der Waals surface area contributed by atoms with Gasteiger partial charge in [0.25, 0.3) is 0 Å². The maximum atomic E-state index is 9.99. The normalized spacial score (nSPS) is 17.5. The molecule has 1 saturated carbocycles. The molecule has 1 aliphatic carbocycles. The minimum absolute atomic E-state index is 0.103. The first-order valence-electron chi connectivity index (χ1n) is 6.25. The van der Waals surface area contributed by atoms with Gasteiger partial charge in [0.1, 0.15) is 5.75 Å². The lowest BCUT2D eigenvalue weighted by Crippen LogP contribution is -2.53. The van der Waals surface area contributed by atoms with Gasteiger partial charge in [-0.2, -0.15) is 0 Å². The van der Waals surface area contributed by atoms with Crippen molar-refractivity contribution in [2.45, 2.75) is 44.9 Å². The summed E-state index contributed by atoms with van der Waals surface area (Å²) in [7, 11) is 0. The second-order valence-corrected chi connectivity index (χ2v) is 5.00. The number of hydrogen-bond donors (Lipinski definition) is 4. The van der Waals surface area contributed by atoms with E-state index in [0.29, 0.717) is 23.4 Å². The van der Waals surface area contributed by atoms with Gasteiger partial charge >= 0.3 is 0 Å². The van der Waals surface area contributed by atoms with Gasteiger partial charge in [-0.15, -0.1) is 0 Å². The van der Waals surface area contributed by atoms with Crippen LogP contribution in [0.1, 0.15) is 36.1 Å². The minimum atomic E-state index is -0.212. The van der Waals surface area contributed by atoms with Crippen molar-refractivity contribution < 1.29 is 15.3 Å². The number of aryl methyl sites for hydroxylation is 1. The Morgan fingerprint density at radius 1 is 1.39 bits per heavy atom. The van der Waals surface area contributed by atoms with Crippen LogP contribution >= 0.6 is 0 Å². The van der Waals surface area contributed by atoms with Crippen LogP contribution in [0.4, 0.5) is 0 Å². The number of aromatic nitrogens is 1. The fourth-order valence-corrected chi connectivity index (χ4v) is 2.29. The summed E-state index contributed by atoms with van der Waals surface area (Å²) in [4.78, 5) is 4.02. The molecular formula is C13H20N2O3. The molecule has 0 bridgehead atoms. The zero-order valence-electron chi connectivity index (χ0n) is 10.6. The predicted molar refractivity (Wildman–Crippen MR) is 67.1 cm³/mol. The van der Waals surface area contributed by atoms with E-state index >= 15 is 0 Å². The second-order valence-electron chi connectivity index (χ2n) is 5.00. The van der Waals surface area contributed by atoms with Crippen LogP contribution in [-0.2, 0) is 13.2 Å². The number of pyridine rings is 1. The number of aliphatic hydroxyl groups excluding tert-OH is 2. The topological polar surface area (TPSA) is 85.6 Å². The molecule has 100 valence electrons. The Balaban J connectivity index is 2.15. The van der Waals surface area contributed by atoms with Gasteiger partial charge in [0.2, 0.25) is 0 Å². The molecule has 0 amide bonds. The maximum Gasteiger partial charge on any atom is 0.141 e. The van der Waals surface area contributed by atoms with Crippen molar-refractivity contribution in [3.63, 3.8) is 0 Å². The van der Waals surface area contributed by atoms with Crippen LogP contribution in [0.15, 0.2) is 6.20 Å². The van der Waals surface area contributed by atoms with Crippen molar-refractivity contribution in [2.75, 3.05) is 6.61 Å². The number of aliphatic hydroxyl groups is 2. The summed E-state index contributed by atoms with van der Waals surface area (Å²) in [6.07, 6.45) is 4.59. The molecule has 0 spiro atoms. The average Bonchev–Trinajstić information content (AvgIpc) is 2.33. The van der Waals surface area contributed by atoms with Gasteiger partial charge in [-0.05, 0) is 26.2 Å². The lowest BCUT2D eigenvalue weighted by molar-refractivity contribution is 0.0867. The summed E-state index contributed by atoms with van der Waals surface area (Å²) in [6.45, 7) is 2.12. The average molecular weight is 252 g/mol. The first kappa shape index (κ1) is 13.3. The molecule has 1 aromatic rings. The van der Waals surface area contributed by atoms with E-state index in [-0.39, 0.29) is 24.5 Å². The van der Waals surface area contributed by atoms with Gasteiger partial charge < -0.3 is 20.6 Å². The minimum Gasteiger partial charge on any atom is -0.506 e. The highest BCUT2D eigenvalue weighted by molar-refractivity contribution is 5.40. The Hall–Kier alpha value is -1.17. The summed E-state index contributed by atoms with van der Waals surface area (Å²) < 4.78 is 0. The second kappa shape index (κ2) is 5.22. The first-order chi connectivity index (χ1) is 8.62. The van der Waals surface area contributed by atoms with Crippen molar-refractivity contribution in [2.24, 2.45) is 0 Å². The van der Waals surface area contributed by atoms with Crippen molar-refractivity contribution in [1.82, 2.24) is 10.3 Å². The van der Waals surface area contributed by atoms with Gasteiger partial charge in [0.15, 0.2) is 0 Å². The highest BCUT2D eigenvalue weighted by atomic mass is 16.3. The summed E-state index contributed by atoms with van der Waals surface area (Å²) in [5.41, 5.74) is 1.63. The zero-order chi connectivity index (χ0) is 13.2. The molecule has 4 N–H and O–H groups in total. The van der Waals surface area contributed by atoms with E-state index in [0.717, 1.165) is 19.3 Å². The van der Waals surface area contributed by atoms with Crippen molar-refractivity contribution in [3.8, 4) is 5.75 Å². The molecule has 1 heterocycles. The van der Waals surface area contributed by atoms with Crippen molar-refractivity contribution >= 4 is 0 Å². The van der Waals surface area contributed by atoms with Gasteiger partial charge in [-0.25, -0.2) is 0 Å². The smallest absolute Gasteiger partial charge is 0.141 e. The Labute approximate surface area is 106 Å². The molecule has 2 rings (SSSR count). The van der Waals surface area contributed by atoms with E-state index in [4.69, 9.17) is 0 Å². The molecule has 0 aromatic carbocycles. The van der Waals surface area contributed by atoms with Gasteiger partial charge in [0.05, 0.1) is 18.9 Å². The quantitative estimate of drug-likeness (QED) is 0.616. The zero-order valence-corrected chi connectivity index (χ0v) is 10.6. The molecule has 0 aliphatic heterocycles. The first-order valence-corrected chi connectivity index (χ1v) is 6.25. The van der Waals surface area contributed by atoms with E-state index in [1.165, 1.54) is 0 Å². The highest BCUT2D eigenvalue weighted by Gasteiger charge is 2.35. The fourth-order valence-electron chi connectivity index (χ4n) is 2.29. The van der Waals surface area contributed by atoms with E-state index in [2.05, 4.69) is 10.3 Å². The van der Waals surface area contributed by atoms with Crippen LogP contribution < -0.4 is 5.32 Å². The number of rotatable bonds is 5. The predicted octanol–water partition coefficient (Wildman–Crippen LogP) is 0.593. The molecule has 0 atom stereocenters. The number of hydrogen-bond acceptors (Lipinski definition) is 5. The molecule has 0 unspecified atom stereocenters. The molecule has 18 heavy (non-hydrogen) atoms. The molecule has 1 aliphatic rings. The lowest BCUT2D eigenvalue weighted by atomic mass is 9.77. The molecule has 0 radical (unpaired) electrons. The van der Waals surface area contributed by atoms with Crippen molar-refractivity contribution in [1.29, 1.82) is 0 Å². The lowest BCUT2D eigenvalue weighted by Gasteiger charge is -2.41. The van der Waals surface area contributed by atoms with E-state index < -0.39 is 0 Å². The van der Waals surface area contributed by atoms with E-state index in [1.807, 2.05) is 0 Å². The Kier molecular flexibility index (Phi) is 3.85. The third-order valence-electron chi connectivity index (χ3n) is 3.85. The van der Waals surface area contributed by atoms with E-state index in [1.54, 1.807) is 13.1 Å². The SMILES string of the molecule is Cc1ncc(CO)c(CNC2(CO)CCC2)c1O. The van der Waals surface area contributed by atoms with Crippen LogP contribution in [0.3, 0.4) is 0 Å². The molecule has 5 heteroatoms. The van der Waals surface area contributed by atoms with E-state index in [9.17, 15) is 15.3 Å². The third-order valence-corrected chi connectivity index (χ3v) is 3.85. The summed E-state index contributed by atoms with van der Waals surface area (Å²) in [5, 5.41) is 31.9. The Morgan fingerprint density at radius 3 is 2.61 bits per heavy atom. The van der Waals surface area contributed by atoms with Gasteiger partial charge in [-0.1, -0.05) is 0 Å². The molecule has 5 nitrogen and oxygen atoms in total. The Morgan fingerprint density at radius 2 is 2.11 bits per heavy atom. The largest absolute Gasteiger partial charge is 0.506 e. The third kappa shape index (κ3) is 2.34. The standard InChI is InChI=1S/C13H20N2O3/c1-9-12(18)11(10(7-16)5-14-9)6-15-13(8-17)3-2-4-13/h5,15-18H,2-4,6-8H2,1H3. The number of nitrogens with zero attached hydrogens (tertiary/aromatic N) is 1. The highest BCUT2D eigenvalue weighted by Crippen LogP contribution is 2.32.